The molecule has 0 aliphatic carbocycles. The van der Waals surface area contributed by atoms with Crippen molar-refractivity contribution in [1.29, 1.82) is 0 Å². The van der Waals surface area contributed by atoms with Gasteiger partial charge in [-0.2, -0.15) is 4.31 Å². The Bertz CT molecular complexity index is 1220. The Balaban J connectivity index is 1.74. The minimum Gasteiger partial charge on any atom is -0.493 e. The van der Waals surface area contributed by atoms with Gasteiger partial charge in [-0.1, -0.05) is 13.3 Å². The molecular weight excluding hydrogens is 468 g/mol. The van der Waals surface area contributed by atoms with E-state index in [1.807, 2.05) is 6.92 Å². The largest absolute Gasteiger partial charge is 0.493 e. The number of nitrogens with zero attached hydrogens (tertiary/aromatic N) is 4. The first-order valence-electron chi connectivity index (χ1n) is 12.3. The summed E-state index contributed by atoms with van der Waals surface area (Å²) >= 11 is 0. The monoisotopic (exact) mass is 504 g/mol. The molecule has 2 N–H and O–H groups in total. The van der Waals surface area contributed by atoms with Crippen LogP contribution in [-0.4, -0.2) is 73.5 Å². The molecule has 10 nitrogen and oxygen atoms in total. The number of rotatable bonds is 8. The van der Waals surface area contributed by atoms with Crippen molar-refractivity contribution in [3.8, 4) is 17.1 Å². The molecule has 3 heterocycles. The van der Waals surface area contributed by atoms with Crippen molar-refractivity contribution in [2.24, 2.45) is 0 Å². The summed E-state index contributed by atoms with van der Waals surface area (Å²) in [5.41, 5.74) is 4.60. The lowest BCUT2D eigenvalue weighted by Gasteiger charge is -2.36. The van der Waals surface area contributed by atoms with Crippen LogP contribution in [0.25, 0.3) is 11.4 Å². The zero-order valence-electron chi connectivity index (χ0n) is 21.2. The molecule has 11 heteroatoms. The molecule has 4 rings (SSSR count). The first-order valence-corrected chi connectivity index (χ1v) is 13.8. The Kier molecular flexibility index (Phi) is 7.51. The third-order valence-electron chi connectivity index (χ3n) is 6.66. The van der Waals surface area contributed by atoms with Crippen LogP contribution in [0.4, 0.5) is 5.69 Å². The second-order valence-electron chi connectivity index (χ2n) is 9.30. The van der Waals surface area contributed by atoms with Crippen molar-refractivity contribution in [3.05, 3.63) is 34.2 Å². The minimum absolute atomic E-state index is 0.0826. The molecule has 1 aromatic carbocycles. The summed E-state index contributed by atoms with van der Waals surface area (Å²) in [6.07, 6.45) is 1.75. The Labute approximate surface area is 207 Å². The number of hydrogen-bond acceptors (Lipinski definition) is 8. The lowest BCUT2D eigenvalue weighted by molar-refractivity contribution is 0.154. The van der Waals surface area contributed by atoms with Crippen molar-refractivity contribution in [2.75, 3.05) is 44.8 Å². The normalized spacial score (nSPS) is 19.4. The van der Waals surface area contributed by atoms with Crippen molar-refractivity contribution in [1.82, 2.24) is 24.6 Å². The van der Waals surface area contributed by atoms with Gasteiger partial charge < -0.3 is 14.7 Å². The van der Waals surface area contributed by atoms with Crippen molar-refractivity contribution in [3.63, 3.8) is 0 Å². The van der Waals surface area contributed by atoms with Crippen LogP contribution in [0.5, 0.6) is 5.75 Å². The van der Waals surface area contributed by atoms with Crippen molar-refractivity contribution in [2.45, 2.75) is 57.5 Å². The lowest BCUT2D eigenvalue weighted by Crippen LogP contribution is -2.50. The number of hydrogen-bond donors (Lipinski definition) is 2. The van der Waals surface area contributed by atoms with Crippen molar-refractivity contribution >= 4 is 15.7 Å². The topological polar surface area (TPSA) is 111 Å². The van der Waals surface area contributed by atoms with E-state index in [-0.39, 0.29) is 16.5 Å². The molecule has 0 saturated carbocycles. The number of H-pyrrole nitrogens is 1. The van der Waals surface area contributed by atoms with Gasteiger partial charge in [0.2, 0.25) is 10.0 Å². The van der Waals surface area contributed by atoms with E-state index in [1.54, 1.807) is 30.3 Å². The third-order valence-corrected chi connectivity index (χ3v) is 8.56. The first-order chi connectivity index (χ1) is 16.7. The van der Waals surface area contributed by atoms with Gasteiger partial charge in [-0.3, -0.25) is 9.69 Å². The summed E-state index contributed by atoms with van der Waals surface area (Å²) in [5, 5.41) is 1.70. The highest BCUT2D eigenvalue weighted by molar-refractivity contribution is 7.89. The first kappa shape index (κ1) is 25.6. The molecule has 0 spiro atoms. The van der Waals surface area contributed by atoms with Crippen LogP contribution < -0.4 is 20.7 Å². The maximum atomic E-state index is 13.5. The summed E-state index contributed by atoms with van der Waals surface area (Å²) < 4.78 is 34.3. The fourth-order valence-electron chi connectivity index (χ4n) is 4.77. The number of aromatic nitrogens is 2. The van der Waals surface area contributed by atoms with E-state index >= 15 is 0 Å². The molecular formula is C24H36N6O4S. The van der Waals surface area contributed by atoms with Crippen LogP contribution in [0.3, 0.4) is 0 Å². The number of anilines is 1. The molecule has 0 radical (unpaired) electrons. The summed E-state index contributed by atoms with van der Waals surface area (Å²) in [7, 11) is -1.92. The maximum Gasteiger partial charge on any atom is 0.276 e. The van der Waals surface area contributed by atoms with E-state index < -0.39 is 10.0 Å². The number of hydrazine groups is 1. The van der Waals surface area contributed by atoms with Gasteiger partial charge in [-0.05, 0) is 45.4 Å². The zero-order valence-corrected chi connectivity index (χ0v) is 22.0. The van der Waals surface area contributed by atoms with E-state index in [1.165, 1.54) is 4.31 Å². The molecule has 0 amide bonds. The van der Waals surface area contributed by atoms with E-state index in [4.69, 9.17) is 9.72 Å². The predicted octanol–water partition coefficient (Wildman–Crippen LogP) is 2.35. The van der Waals surface area contributed by atoms with E-state index in [9.17, 15) is 13.2 Å². The Morgan fingerprint density at radius 1 is 1.17 bits per heavy atom. The zero-order chi connectivity index (χ0) is 25.3. The van der Waals surface area contributed by atoms with Gasteiger partial charge in [0.25, 0.3) is 5.56 Å². The van der Waals surface area contributed by atoms with E-state index in [0.717, 1.165) is 12.8 Å². The Morgan fingerprint density at radius 3 is 2.51 bits per heavy atom. The number of sulfonamides is 1. The Morgan fingerprint density at radius 2 is 1.89 bits per heavy atom. The van der Waals surface area contributed by atoms with Gasteiger partial charge in [0.05, 0.1) is 28.8 Å². The van der Waals surface area contributed by atoms with Gasteiger partial charge in [0, 0.05) is 39.3 Å². The van der Waals surface area contributed by atoms with Crippen LogP contribution in [-0.2, 0) is 10.0 Å². The molecule has 1 saturated heterocycles. The molecule has 2 aromatic rings. The minimum atomic E-state index is -3.71. The van der Waals surface area contributed by atoms with Crippen LogP contribution >= 0.6 is 0 Å². The molecule has 0 bridgehead atoms. The highest BCUT2D eigenvalue weighted by atomic mass is 32.2. The van der Waals surface area contributed by atoms with Gasteiger partial charge in [-0.25, -0.2) is 18.8 Å². The van der Waals surface area contributed by atoms with E-state index in [2.05, 4.69) is 36.1 Å². The van der Waals surface area contributed by atoms with Crippen LogP contribution in [0, 0.1) is 0 Å². The number of benzene rings is 1. The van der Waals surface area contributed by atoms with Gasteiger partial charge >= 0.3 is 0 Å². The second-order valence-corrected chi connectivity index (χ2v) is 11.2. The third kappa shape index (κ3) is 4.95. The number of ether oxygens (including phenoxy) is 1. The summed E-state index contributed by atoms with van der Waals surface area (Å²) in [6, 6.07) is 5.09. The summed E-state index contributed by atoms with van der Waals surface area (Å²) in [6.45, 7) is 10.8. The second kappa shape index (κ2) is 10.3. The highest BCUT2D eigenvalue weighted by Crippen LogP contribution is 2.35. The van der Waals surface area contributed by atoms with Crippen molar-refractivity contribution < 1.29 is 13.2 Å². The summed E-state index contributed by atoms with van der Waals surface area (Å²) in [5.74, 6) is 0.780. The fourth-order valence-corrected chi connectivity index (χ4v) is 6.22. The van der Waals surface area contributed by atoms with Gasteiger partial charge in [-0.15, -0.1) is 0 Å². The number of piperazine rings is 1. The number of nitrogens with one attached hydrogen (secondary N) is 2. The average molecular weight is 505 g/mol. The molecule has 35 heavy (non-hydrogen) atoms. The SMILES string of the molecule is CCCC1NN(C)c2c1nc(-c1cc(S(=O)(=O)N3CCN(C(C)C)CC3)ccc1OCC)[nH]c2=O. The summed E-state index contributed by atoms with van der Waals surface area (Å²) in [4.78, 5) is 23.1. The molecule has 1 fully saturated rings. The highest BCUT2D eigenvalue weighted by Gasteiger charge is 2.32. The van der Waals surface area contributed by atoms with Gasteiger partial charge in [0.15, 0.2) is 0 Å². The molecule has 2 aliphatic rings. The smallest absolute Gasteiger partial charge is 0.276 e. The predicted molar refractivity (Wildman–Crippen MR) is 136 cm³/mol. The van der Waals surface area contributed by atoms with Crippen LogP contribution in [0.2, 0.25) is 0 Å². The molecule has 1 unspecified atom stereocenters. The molecule has 2 aliphatic heterocycles. The van der Waals surface area contributed by atoms with Crippen LogP contribution in [0.15, 0.2) is 27.9 Å². The Hall–Kier alpha value is -2.47. The standard InChI is InChI=1S/C24H36N6O4S/c1-6-8-19-21-22(28(5)27-19)24(31)26-23(25-21)18-15-17(9-10-20(18)34-7-2)35(32,33)30-13-11-29(12-14-30)16(3)4/h9-10,15-16,19,27H,6-8,11-14H2,1-5H3,(H,25,26,31). The fraction of sp³-hybridized carbons (Fsp3) is 0.583. The molecule has 192 valence electrons. The number of fused-ring (bicyclic) bond motifs is 1. The maximum absolute atomic E-state index is 13.5. The average Bonchev–Trinajstić information content (AvgIpc) is 3.15. The number of aromatic amines is 1. The molecule has 1 atom stereocenters. The van der Waals surface area contributed by atoms with Gasteiger partial charge in [0.1, 0.15) is 17.3 Å². The van der Waals surface area contributed by atoms with Crippen LogP contribution in [0.1, 0.15) is 52.3 Å². The quantitative estimate of drug-likeness (QED) is 0.564. The van der Waals surface area contributed by atoms with E-state index in [0.29, 0.717) is 67.3 Å². The molecule has 1 aromatic heterocycles. The lowest BCUT2D eigenvalue weighted by atomic mass is 10.1.